The first kappa shape index (κ1) is 20.5. The third-order valence-electron chi connectivity index (χ3n) is 4.02. The van der Waals surface area contributed by atoms with Crippen LogP contribution >= 0.6 is 23.5 Å². The Bertz CT molecular complexity index is 866. The summed E-state index contributed by atoms with van der Waals surface area (Å²) in [5, 5.41) is 2.84. The number of carbonyl (C=O) groups is 2. The second kappa shape index (κ2) is 10.3. The molecular weight excluding hydrogens is 392 g/mol. The topological polar surface area (TPSA) is 67.8 Å². The minimum Gasteiger partial charge on any atom is -0.462 e. The Hall–Kier alpha value is -2.25. The summed E-state index contributed by atoms with van der Waals surface area (Å²) < 4.78 is 6.08. The minimum atomic E-state index is -0.338. The molecule has 146 valence electrons. The Labute approximate surface area is 173 Å². The summed E-state index contributed by atoms with van der Waals surface area (Å²) in [4.78, 5) is 28.7. The van der Waals surface area contributed by atoms with Crippen LogP contribution in [0.2, 0.25) is 0 Å². The van der Waals surface area contributed by atoms with Gasteiger partial charge in [0.25, 0.3) is 0 Å². The lowest BCUT2D eigenvalue weighted by Gasteiger charge is -2.14. The predicted molar refractivity (Wildman–Crippen MR) is 118 cm³/mol. The number of anilines is 1. The van der Waals surface area contributed by atoms with Crippen molar-refractivity contribution in [2.24, 2.45) is 4.99 Å². The quantitative estimate of drug-likeness (QED) is 0.495. The first-order chi connectivity index (χ1) is 13.7. The van der Waals surface area contributed by atoms with Gasteiger partial charge in [0.1, 0.15) is 4.38 Å². The first-order valence-electron chi connectivity index (χ1n) is 9.15. The van der Waals surface area contributed by atoms with Gasteiger partial charge in [-0.25, -0.2) is 9.79 Å². The highest BCUT2D eigenvalue weighted by molar-refractivity contribution is 8.38. The van der Waals surface area contributed by atoms with Gasteiger partial charge in [0.15, 0.2) is 0 Å². The summed E-state index contributed by atoms with van der Waals surface area (Å²) in [5.74, 6) is 0.716. The number of thioether (sulfide) groups is 2. The second-order valence-electron chi connectivity index (χ2n) is 6.20. The smallest absolute Gasteiger partial charge is 0.338 e. The molecule has 0 aromatic heterocycles. The fraction of sp³-hybridized carbons (Fsp3) is 0.286. The molecule has 0 radical (unpaired) electrons. The largest absolute Gasteiger partial charge is 0.462 e. The molecular formula is C21H22N2O3S2. The molecule has 1 aliphatic rings. The highest BCUT2D eigenvalue weighted by atomic mass is 32.2. The number of unbranched alkanes of at least 4 members (excludes halogenated alkanes) is 1. The van der Waals surface area contributed by atoms with E-state index in [1.807, 2.05) is 25.1 Å². The van der Waals surface area contributed by atoms with Gasteiger partial charge in [0, 0.05) is 11.4 Å². The number of benzene rings is 2. The molecule has 0 bridgehead atoms. The van der Waals surface area contributed by atoms with Crippen molar-refractivity contribution in [2.45, 2.75) is 25.5 Å². The third kappa shape index (κ3) is 5.87. The van der Waals surface area contributed by atoms with Crippen LogP contribution in [0, 0.1) is 0 Å². The molecule has 0 spiro atoms. The van der Waals surface area contributed by atoms with Crippen LogP contribution in [0.3, 0.4) is 0 Å². The van der Waals surface area contributed by atoms with Crippen molar-refractivity contribution in [3.63, 3.8) is 0 Å². The van der Waals surface area contributed by atoms with E-state index >= 15 is 0 Å². The molecule has 0 atom stereocenters. The zero-order chi connectivity index (χ0) is 19.8. The number of aliphatic imine (C=N–C) groups is 1. The van der Waals surface area contributed by atoms with E-state index in [9.17, 15) is 9.59 Å². The Morgan fingerprint density at radius 1 is 1.18 bits per heavy atom. The predicted octanol–water partition coefficient (Wildman–Crippen LogP) is 5.25. The molecule has 0 saturated carbocycles. The molecule has 1 aliphatic heterocycles. The van der Waals surface area contributed by atoms with E-state index in [-0.39, 0.29) is 17.6 Å². The SMILES string of the molecule is CCCCOC(=O)c1ccc(NC(=O)CSC2=Nc3ccccc3CS2)cc1. The van der Waals surface area contributed by atoms with Crippen molar-refractivity contribution in [3.8, 4) is 0 Å². The lowest BCUT2D eigenvalue weighted by atomic mass is 10.2. The number of hydrogen-bond donors (Lipinski definition) is 1. The number of carbonyl (C=O) groups excluding carboxylic acids is 2. The van der Waals surface area contributed by atoms with Crippen LogP contribution in [0.1, 0.15) is 35.7 Å². The second-order valence-corrected chi connectivity index (χ2v) is 8.39. The average molecular weight is 415 g/mol. The summed E-state index contributed by atoms with van der Waals surface area (Å²) in [6, 6.07) is 14.8. The number of amides is 1. The molecule has 0 fully saturated rings. The maximum atomic E-state index is 12.2. The highest BCUT2D eigenvalue weighted by Crippen LogP contribution is 2.34. The zero-order valence-electron chi connectivity index (χ0n) is 15.6. The molecule has 3 rings (SSSR count). The van der Waals surface area contributed by atoms with E-state index in [0.717, 1.165) is 28.7 Å². The maximum absolute atomic E-state index is 12.2. The number of nitrogens with zero attached hydrogens (tertiary/aromatic N) is 1. The first-order valence-corrected chi connectivity index (χ1v) is 11.1. The number of para-hydroxylation sites is 1. The zero-order valence-corrected chi connectivity index (χ0v) is 17.3. The molecule has 5 nitrogen and oxygen atoms in total. The third-order valence-corrected chi connectivity index (χ3v) is 6.26. The maximum Gasteiger partial charge on any atom is 0.338 e. The number of ether oxygens (including phenoxy) is 1. The van der Waals surface area contributed by atoms with Gasteiger partial charge in [-0.15, -0.1) is 0 Å². The summed E-state index contributed by atoms with van der Waals surface area (Å²) in [7, 11) is 0. The Balaban J connectivity index is 1.47. The van der Waals surface area contributed by atoms with Gasteiger partial charge in [-0.05, 0) is 42.3 Å². The Kier molecular flexibility index (Phi) is 7.56. The van der Waals surface area contributed by atoms with Gasteiger partial charge < -0.3 is 10.1 Å². The van der Waals surface area contributed by atoms with Gasteiger partial charge in [-0.1, -0.05) is 55.1 Å². The van der Waals surface area contributed by atoms with Crippen LogP contribution in [0.15, 0.2) is 53.5 Å². The number of fused-ring (bicyclic) bond motifs is 1. The molecule has 0 saturated heterocycles. The monoisotopic (exact) mass is 414 g/mol. The number of esters is 1. The summed E-state index contributed by atoms with van der Waals surface area (Å²) in [6.45, 7) is 2.47. The Morgan fingerprint density at radius 2 is 1.96 bits per heavy atom. The van der Waals surface area contributed by atoms with E-state index in [1.54, 1.807) is 36.0 Å². The number of rotatable bonds is 7. The van der Waals surface area contributed by atoms with Crippen LogP contribution in [-0.2, 0) is 15.3 Å². The van der Waals surface area contributed by atoms with Crippen LogP contribution < -0.4 is 5.32 Å². The fourth-order valence-corrected chi connectivity index (χ4v) is 4.36. The van der Waals surface area contributed by atoms with E-state index in [4.69, 9.17) is 4.74 Å². The molecule has 1 amide bonds. The minimum absolute atomic E-state index is 0.106. The van der Waals surface area contributed by atoms with Gasteiger partial charge in [-0.3, -0.25) is 4.79 Å². The molecule has 7 heteroatoms. The van der Waals surface area contributed by atoms with Crippen molar-refractivity contribution < 1.29 is 14.3 Å². The van der Waals surface area contributed by atoms with Gasteiger partial charge >= 0.3 is 5.97 Å². The van der Waals surface area contributed by atoms with E-state index in [0.29, 0.717) is 17.9 Å². The van der Waals surface area contributed by atoms with Crippen molar-refractivity contribution in [2.75, 3.05) is 17.7 Å². The molecule has 2 aromatic carbocycles. The van der Waals surface area contributed by atoms with E-state index in [2.05, 4.69) is 16.4 Å². The van der Waals surface area contributed by atoms with Crippen LogP contribution in [0.4, 0.5) is 11.4 Å². The van der Waals surface area contributed by atoms with Crippen molar-refractivity contribution in [1.29, 1.82) is 0 Å². The molecule has 1 N–H and O–H groups in total. The number of nitrogens with one attached hydrogen (secondary N) is 1. The van der Waals surface area contributed by atoms with Crippen molar-refractivity contribution in [1.82, 2.24) is 0 Å². The summed E-state index contributed by atoms with van der Waals surface area (Å²) in [5.41, 5.74) is 3.33. The molecule has 2 aromatic rings. The van der Waals surface area contributed by atoms with Crippen LogP contribution in [-0.4, -0.2) is 28.6 Å². The normalized spacial score (nSPS) is 12.7. The molecule has 0 unspecified atom stereocenters. The average Bonchev–Trinajstić information content (AvgIpc) is 2.73. The fourth-order valence-electron chi connectivity index (χ4n) is 2.49. The van der Waals surface area contributed by atoms with E-state index < -0.39 is 0 Å². The van der Waals surface area contributed by atoms with Gasteiger partial charge in [-0.2, -0.15) is 0 Å². The molecule has 0 aliphatic carbocycles. The lowest BCUT2D eigenvalue weighted by molar-refractivity contribution is -0.113. The molecule has 28 heavy (non-hydrogen) atoms. The van der Waals surface area contributed by atoms with Gasteiger partial charge in [0.2, 0.25) is 5.91 Å². The standard InChI is InChI=1S/C21H22N2O3S2/c1-2-3-12-26-20(25)15-8-10-17(11-9-15)22-19(24)14-28-21-23-18-7-5-4-6-16(18)13-27-21/h4-11H,2-3,12-14H2,1H3,(H,22,24). The lowest BCUT2D eigenvalue weighted by Crippen LogP contribution is -2.15. The number of hydrogen-bond acceptors (Lipinski definition) is 6. The van der Waals surface area contributed by atoms with Crippen LogP contribution in [0.5, 0.6) is 0 Å². The summed E-state index contributed by atoms with van der Waals surface area (Å²) in [6.07, 6.45) is 1.83. The Morgan fingerprint density at radius 3 is 2.75 bits per heavy atom. The summed E-state index contributed by atoms with van der Waals surface area (Å²) >= 11 is 3.08. The van der Waals surface area contributed by atoms with Crippen LogP contribution in [0.25, 0.3) is 0 Å². The van der Waals surface area contributed by atoms with Crippen molar-refractivity contribution >= 4 is 51.2 Å². The highest BCUT2D eigenvalue weighted by Gasteiger charge is 2.14. The van der Waals surface area contributed by atoms with E-state index in [1.165, 1.54) is 17.3 Å². The van der Waals surface area contributed by atoms with Crippen molar-refractivity contribution in [3.05, 3.63) is 59.7 Å². The molecule has 1 heterocycles. The van der Waals surface area contributed by atoms with Gasteiger partial charge in [0.05, 0.1) is 23.6 Å².